The molecule has 2 heterocycles. The van der Waals surface area contributed by atoms with Crippen LogP contribution >= 0.6 is 27.3 Å². The molecule has 2 rings (SSSR count). The van der Waals surface area contributed by atoms with Gasteiger partial charge in [-0.2, -0.15) is 0 Å². The van der Waals surface area contributed by atoms with Gasteiger partial charge in [0.2, 0.25) is 0 Å². The van der Waals surface area contributed by atoms with E-state index >= 15 is 0 Å². The van der Waals surface area contributed by atoms with Gasteiger partial charge in [0.1, 0.15) is 4.60 Å². The maximum atomic E-state index is 7.81. The van der Waals surface area contributed by atoms with Gasteiger partial charge in [-0.05, 0) is 15.9 Å². The van der Waals surface area contributed by atoms with Gasteiger partial charge in [-0.15, -0.1) is 11.3 Å². The van der Waals surface area contributed by atoms with Crippen molar-refractivity contribution in [3.8, 4) is 0 Å². The van der Waals surface area contributed by atoms with Gasteiger partial charge in [0, 0.05) is 25.4 Å². The number of methoxy groups -OCH3 is 1. The zero-order valence-electron chi connectivity index (χ0n) is 14.6. The van der Waals surface area contributed by atoms with E-state index in [2.05, 4.69) is 25.7 Å². The molecule has 0 spiro atoms. The van der Waals surface area contributed by atoms with Crippen LogP contribution in [-0.4, -0.2) is 31.1 Å². The Kier molecular flexibility index (Phi) is 0.810. The van der Waals surface area contributed by atoms with Gasteiger partial charge in [-0.25, -0.2) is 4.98 Å². The average molecular weight is 258 g/mol. The van der Waals surface area contributed by atoms with E-state index in [1.807, 2.05) is 0 Å². The lowest BCUT2D eigenvalue weighted by molar-refractivity contribution is 0.0787. The molecule has 1 aromatic rings. The number of thiazole rings is 1. The standard InChI is InChI=1S/C7H9BrN2OS/c1-11-5-2-10(3-5)7-9-6(8)4-12-7/h4-5H,2-3H2,1H3/i1D3,2D2,3D2,4D,5D. The van der Waals surface area contributed by atoms with E-state index < -0.39 is 26.1 Å². The maximum Gasteiger partial charge on any atom is 0.186 e. The lowest BCUT2D eigenvalue weighted by Crippen LogP contribution is -2.51. The molecule has 1 aliphatic rings. The van der Waals surface area contributed by atoms with Crippen LogP contribution in [0.2, 0.25) is 0 Å². The number of hydrogen-bond donors (Lipinski definition) is 0. The van der Waals surface area contributed by atoms with E-state index in [1.165, 1.54) is 0 Å². The fraction of sp³-hybridized carbons (Fsp3) is 0.571. The van der Waals surface area contributed by atoms with Gasteiger partial charge in [-0.3, -0.25) is 0 Å². The molecule has 0 saturated carbocycles. The predicted octanol–water partition coefficient (Wildman–Crippen LogP) is 1.74. The first-order valence-electron chi connectivity index (χ1n) is 7.37. The summed E-state index contributed by atoms with van der Waals surface area (Å²) in [5.41, 5.74) is 0. The number of anilines is 1. The third-order valence-electron chi connectivity index (χ3n) is 1.14. The molecule has 0 aliphatic carbocycles. The number of halogens is 1. The minimum atomic E-state index is -3.13. The molecule has 1 fully saturated rings. The molecule has 5 heteroatoms. The van der Waals surface area contributed by atoms with Crippen molar-refractivity contribution in [3.63, 3.8) is 0 Å². The Labute approximate surface area is 96.1 Å². The molecule has 0 radical (unpaired) electrons. The van der Waals surface area contributed by atoms with E-state index in [9.17, 15) is 0 Å². The Morgan fingerprint density at radius 1 is 2.17 bits per heavy atom. The number of ether oxygens (including phenoxy) is 1. The molecule has 66 valence electrons. The summed E-state index contributed by atoms with van der Waals surface area (Å²) in [6.07, 6.45) is -2.95. The van der Waals surface area contributed by atoms with Crippen LogP contribution in [0.3, 0.4) is 0 Å². The van der Waals surface area contributed by atoms with Crippen molar-refractivity contribution in [2.45, 2.75) is 6.08 Å². The Morgan fingerprint density at radius 2 is 3.00 bits per heavy atom. The second-order valence-electron chi connectivity index (χ2n) is 1.88. The zero-order valence-corrected chi connectivity index (χ0v) is 7.99. The van der Waals surface area contributed by atoms with Crippen LogP contribution in [-0.2, 0) is 4.74 Å². The highest BCUT2D eigenvalue weighted by Gasteiger charge is 2.28. The van der Waals surface area contributed by atoms with E-state index in [1.54, 1.807) is 0 Å². The van der Waals surface area contributed by atoms with Crippen LogP contribution in [0.15, 0.2) is 9.96 Å². The highest BCUT2D eigenvalue weighted by Crippen LogP contribution is 2.27. The van der Waals surface area contributed by atoms with Crippen LogP contribution in [0.1, 0.15) is 12.3 Å². The van der Waals surface area contributed by atoms with Crippen molar-refractivity contribution in [3.05, 3.63) is 9.96 Å². The number of rotatable bonds is 2. The summed E-state index contributed by atoms with van der Waals surface area (Å²) in [6.45, 7) is -5.54. The van der Waals surface area contributed by atoms with Crippen LogP contribution < -0.4 is 4.90 Å². The van der Waals surface area contributed by atoms with Crippen LogP contribution in [0.25, 0.3) is 0 Å². The van der Waals surface area contributed by atoms with Crippen molar-refractivity contribution in [2.75, 3.05) is 24.9 Å². The maximum absolute atomic E-state index is 7.81. The lowest BCUT2D eigenvalue weighted by Gasteiger charge is -2.37. The Balaban J connectivity index is 2.44. The number of hydrogen-bond acceptors (Lipinski definition) is 4. The van der Waals surface area contributed by atoms with Gasteiger partial charge in [0.25, 0.3) is 0 Å². The fourth-order valence-corrected chi connectivity index (χ4v) is 1.73. The van der Waals surface area contributed by atoms with Gasteiger partial charge in [-0.1, -0.05) is 0 Å². The summed E-state index contributed by atoms with van der Waals surface area (Å²) >= 11 is 3.66. The largest absolute Gasteiger partial charge is 0.378 e. The summed E-state index contributed by atoms with van der Waals surface area (Å²) in [6, 6.07) is 0. The first-order chi connectivity index (χ1) is 9.24. The van der Waals surface area contributed by atoms with Gasteiger partial charge < -0.3 is 9.64 Å². The first kappa shape index (κ1) is 2.93. The van der Waals surface area contributed by atoms with Crippen molar-refractivity contribution >= 4 is 32.4 Å². The average Bonchev–Trinajstić information content (AvgIpc) is 2.54. The van der Waals surface area contributed by atoms with Gasteiger partial charge in [0.15, 0.2) is 5.13 Å². The minimum Gasteiger partial charge on any atom is -0.378 e. The van der Waals surface area contributed by atoms with Gasteiger partial charge >= 0.3 is 0 Å². The van der Waals surface area contributed by atoms with Crippen molar-refractivity contribution < 1.29 is 17.1 Å². The molecule has 0 aromatic carbocycles. The van der Waals surface area contributed by atoms with Crippen LogP contribution in [0.4, 0.5) is 5.13 Å². The molecule has 0 amide bonds. The molecule has 0 atom stereocenters. The quantitative estimate of drug-likeness (QED) is 0.808. The topological polar surface area (TPSA) is 25.4 Å². The van der Waals surface area contributed by atoms with Crippen molar-refractivity contribution in [1.82, 2.24) is 4.98 Å². The summed E-state index contributed by atoms with van der Waals surface area (Å²) < 4.78 is 72.0. The normalized spacial score (nSPS) is 41.1. The Hall–Kier alpha value is -0.130. The molecule has 0 bridgehead atoms. The highest BCUT2D eigenvalue weighted by molar-refractivity contribution is 9.10. The Morgan fingerprint density at radius 3 is 3.58 bits per heavy atom. The third kappa shape index (κ3) is 1.48. The summed E-state index contributed by atoms with van der Waals surface area (Å²) in [5, 5.41) is -0.227. The number of aromatic nitrogens is 1. The molecular weight excluding hydrogens is 240 g/mol. The second kappa shape index (κ2) is 3.32. The van der Waals surface area contributed by atoms with Crippen LogP contribution in [0, 0.1) is 0 Å². The third-order valence-corrected chi connectivity index (χ3v) is 2.53. The van der Waals surface area contributed by atoms with E-state index in [0.29, 0.717) is 16.2 Å². The van der Waals surface area contributed by atoms with E-state index in [4.69, 9.17) is 12.3 Å². The molecule has 3 nitrogen and oxygen atoms in total. The SMILES string of the molecule is [2H]c1sc(N2C([2H])([2H])C([2H])(OC([2H])([2H])[2H])C2([2H])[2H])nc1Br. The Bertz CT molecular complexity index is 537. The van der Waals surface area contributed by atoms with Crippen molar-refractivity contribution in [1.29, 1.82) is 0 Å². The highest BCUT2D eigenvalue weighted by atomic mass is 79.9. The minimum absolute atomic E-state index is 0.0455. The molecule has 0 N–H and O–H groups in total. The molecule has 1 aliphatic heterocycles. The zero-order chi connectivity index (χ0) is 16.4. The predicted molar refractivity (Wildman–Crippen MR) is 52.8 cm³/mol. The summed E-state index contributed by atoms with van der Waals surface area (Å²) in [4.78, 5) is 4.31. The smallest absolute Gasteiger partial charge is 0.186 e. The molecule has 1 aromatic heterocycles. The van der Waals surface area contributed by atoms with E-state index in [-0.39, 0.29) is 15.1 Å². The molecule has 1 saturated heterocycles. The van der Waals surface area contributed by atoms with E-state index in [0.717, 1.165) is 0 Å². The van der Waals surface area contributed by atoms with Crippen molar-refractivity contribution in [2.24, 2.45) is 0 Å². The molecular formula is C7H9BrN2OS. The molecule has 0 unspecified atom stereocenters. The number of nitrogens with zero attached hydrogens (tertiary/aromatic N) is 2. The first-order valence-corrected chi connectivity index (χ1v) is 4.48. The molecule has 12 heavy (non-hydrogen) atoms. The monoisotopic (exact) mass is 257 g/mol. The lowest BCUT2D eigenvalue weighted by atomic mass is 10.2. The van der Waals surface area contributed by atoms with Crippen LogP contribution in [0.5, 0.6) is 0 Å². The summed E-state index contributed by atoms with van der Waals surface area (Å²) in [7, 11) is -3.13. The second-order valence-corrected chi connectivity index (χ2v) is 3.40. The fourth-order valence-electron chi connectivity index (χ4n) is 0.657. The summed E-state index contributed by atoms with van der Waals surface area (Å²) in [5.74, 6) is 0. The van der Waals surface area contributed by atoms with Gasteiger partial charge in [0.05, 0.1) is 18.4 Å².